The van der Waals surface area contributed by atoms with Crippen LogP contribution in [-0.2, 0) is 22.5 Å². The molecular weight excluding hydrogens is 334 g/mol. The number of hydrogen-bond acceptors (Lipinski definition) is 7. The second kappa shape index (κ2) is 6.62. The Hall–Kier alpha value is -3.16. The summed E-state index contributed by atoms with van der Waals surface area (Å²) in [5.41, 5.74) is 3.05. The lowest BCUT2D eigenvalue weighted by Crippen LogP contribution is -2.13. The van der Waals surface area contributed by atoms with Crippen LogP contribution in [0.15, 0.2) is 30.7 Å². The van der Waals surface area contributed by atoms with Crippen LogP contribution in [0.1, 0.15) is 23.6 Å². The largest absolute Gasteiger partial charge is 0.496 e. The van der Waals surface area contributed by atoms with Crippen LogP contribution in [0, 0.1) is 0 Å². The van der Waals surface area contributed by atoms with Crippen molar-refractivity contribution in [3.8, 4) is 5.75 Å². The lowest BCUT2D eigenvalue weighted by Gasteiger charge is -2.15. The van der Waals surface area contributed by atoms with E-state index in [-0.39, 0.29) is 18.6 Å². The molecule has 0 bridgehead atoms. The number of esters is 1. The highest BCUT2D eigenvalue weighted by atomic mass is 16.5. The van der Waals surface area contributed by atoms with Crippen LogP contribution in [-0.4, -0.2) is 39.9 Å². The highest BCUT2D eigenvalue weighted by molar-refractivity contribution is 5.87. The number of carbonyl (C=O) groups excluding carboxylic acids is 1. The molecule has 0 spiro atoms. The summed E-state index contributed by atoms with van der Waals surface area (Å²) in [6.45, 7) is 0.0138. The molecule has 4 rings (SSSR count). The third kappa shape index (κ3) is 2.73. The van der Waals surface area contributed by atoms with Gasteiger partial charge >= 0.3 is 5.97 Å². The van der Waals surface area contributed by atoms with Crippen LogP contribution in [0.2, 0.25) is 0 Å². The van der Waals surface area contributed by atoms with Crippen LogP contribution >= 0.6 is 0 Å². The number of methoxy groups -OCH3 is 2. The Morgan fingerprint density at radius 1 is 1.35 bits per heavy atom. The molecule has 0 radical (unpaired) electrons. The summed E-state index contributed by atoms with van der Waals surface area (Å²) in [6, 6.07) is 6.24. The fraction of sp³-hybridized carbons (Fsp3) is 0.333. The summed E-state index contributed by atoms with van der Waals surface area (Å²) in [5, 5.41) is 8.51. The fourth-order valence-electron chi connectivity index (χ4n) is 3.44. The molecule has 26 heavy (non-hydrogen) atoms. The Labute approximate surface area is 150 Å². The van der Waals surface area contributed by atoms with E-state index in [0.29, 0.717) is 11.5 Å². The van der Waals surface area contributed by atoms with Gasteiger partial charge in [0.15, 0.2) is 5.65 Å². The zero-order valence-electron chi connectivity index (χ0n) is 14.6. The smallest absolute Gasteiger partial charge is 0.327 e. The molecular formula is C18H19N5O3. The minimum Gasteiger partial charge on any atom is -0.496 e. The molecule has 3 aromatic rings. The van der Waals surface area contributed by atoms with Gasteiger partial charge in [-0.15, -0.1) is 0 Å². The summed E-state index contributed by atoms with van der Waals surface area (Å²) < 4.78 is 11.7. The fourth-order valence-corrected chi connectivity index (χ4v) is 3.44. The van der Waals surface area contributed by atoms with E-state index in [1.807, 2.05) is 12.1 Å². The summed E-state index contributed by atoms with van der Waals surface area (Å²) in [4.78, 5) is 20.2. The van der Waals surface area contributed by atoms with Crippen molar-refractivity contribution >= 4 is 22.8 Å². The zero-order valence-corrected chi connectivity index (χ0v) is 14.6. The van der Waals surface area contributed by atoms with Crippen molar-refractivity contribution in [2.24, 2.45) is 0 Å². The number of rotatable bonds is 5. The summed E-state index contributed by atoms with van der Waals surface area (Å²) in [7, 11) is 3.04. The van der Waals surface area contributed by atoms with Gasteiger partial charge in [-0.2, -0.15) is 5.10 Å². The molecule has 0 fully saturated rings. The Bertz CT molecular complexity index is 969. The number of hydrogen-bond donors (Lipinski definition) is 1. The minimum atomic E-state index is -0.375. The Morgan fingerprint density at radius 2 is 2.23 bits per heavy atom. The van der Waals surface area contributed by atoms with E-state index in [0.717, 1.165) is 24.0 Å². The maximum atomic E-state index is 11.5. The molecule has 1 aromatic carbocycles. The van der Waals surface area contributed by atoms with Gasteiger partial charge < -0.3 is 14.8 Å². The number of fused-ring (bicyclic) bond motifs is 2. The first-order valence-corrected chi connectivity index (χ1v) is 8.37. The van der Waals surface area contributed by atoms with Crippen molar-refractivity contribution in [1.29, 1.82) is 0 Å². The van der Waals surface area contributed by atoms with Gasteiger partial charge in [-0.1, -0.05) is 12.1 Å². The number of benzene rings is 1. The second-order valence-corrected chi connectivity index (χ2v) is 6.10. The first-order valence-electron chi connectivity index (χ1n) is 8.37. The first kappa shape index (κ1) is 16.3. The molecule has 1 atom stereocenters. The number of anilines is 1. The van der Waals surface area contributed by atoms with E-state index in [2.05, 4.69) is 26.4 Å². The van der Waals surface area contributed by atoms with E-state index in [4.69, 9.17) is 9.47 Å². The molecule has 0 aliphatic heterocycles. The van der Waals surface area contributed by atoms with Gasteiger partial charge in [-0.05, 0) is 30.0 Å². The minimum absolute atomic E-state index is 0.0138. The molecule has 2 aromatic heterocycles. The van der Waals surface area contributed by atoms with E-state index >= 15 is 0 Å². The average Bonchev–Trinajstić information content (AvgIpc) is 3.27. The van der Waals surface area contributed by atoms with Gasteiger partial charge in [-0.25, -0.2) is 14.6 Å². The predicted octanol–water partition coefficient (Wildman–Crippen LogP) is 2.11. The quantitative estimate of drug-likeness (QED) is 0.702. The number of aromatic nitrogens is 4. The van der Waals surface area contributed by atoms with Crippen molar-refractivity contribution in [3.05, 3.63) is 41.9 Å². The predicted molar refractivity (Wildman–Crippen MR) is 95.0 cm³/mol. The lowest BCUT2D eigenvalue weighted by molar-refractivity contribution is -0.141. The molecule has 2 heterocycles. The Balaban J connectivity index is 1.65. The molecule has 1 unspecified atom stereocenters. The van der Waals surface area contributed by atoms with Gasteiger partial charge in [0, 0.05) is 0 Å². The van der Waals surface area contributed by atoms with Crippen LogP contribution < -0.4 is 10.1 Å². The molecule has 8 nitrogen and oxygen atoms in total. The highest BCUT2D eigenvalue weighted by Gasteiger charge is 2.26. The summed E-state index contributed by atoms with van der Waals surface area (Å²) in [5.74, 6) is 1.25. The first-order chi connectivity index (χ1) is 12.7. The van der Waals surface area contributed by atoms with Crippen molar-refractivity contribution in [2.45, 2.75) is 25.4 Å². The number of nitrogens with zero attached hydrogens (tertiary/aromatic N) is 4. The Kier molecular flexibility index (Phi) is 4.16. The van der Waals surface area contributed by atoms with Crippen LogP contribution in [0.5, 0.6) is 5.75 Å². The van der Waals surface area contributed by atoms with Crippen LogP contribution in [0.25, 0.3) is 11.0 Å². The third-order valence-electron chi connectivity index (χ3n) is 4.70. The molecule has 0 saturated carbocycles. The molecule has 0 saturated heterocycles. The van der Waals surface area contributed by atoms with Gasteiger partial charge in [0.25, 0.3) is 0 Å². The molecule has 1 aliphatic rings. The van der Waals surface area contributed by atoms with Crippen molar-refractivity contribution < 1.29 is 14.3 Å². The monoisotopic (exact) mass is 353 g/mol. The number of carbonyl (C=O) groups is 1. The topological polar surface area (TPSA) is 91.2 Å². The molecule has 1 aliphatic carbocycles. The summed E-state index contributed by atoms with van der Waals surface area (Å²) in [6.07, 6.45) is 5.05. The van der Waals surface area contributed by atoms with Crippen molar-refractivity contribution in [1.82, 2.24) is 19.7 Å². The summed E-state index contributed by atoms with van der Waals surface area (Å²) >= 11 is 0. The number of ether oxygens (including phenoxy) is 2. The SMILES string of the molecule is COC(=O)Cn1ncc2c(NC3CCc4c(OC)cccc43)ncnc21. The Morgan fingerprint density at radius 3 is 3.04 bits per heavy atom. The van der Waals surface area contributed by atoms with Gasteiger partial charge in [0.05, 0.1) is 31.8 Å². The normalized spacial score (nSPS) is 15.7. The molecule has 1 N–H and O–H groups in total. The van der Waals surface area contributed by atoms with E-state index in [9.17, 15) is 4.79 Å². The van der Waals surface area contributed by atoms with Crippen molar-refractivity contribution in [2.75, 3.05) is 19.5 Å². The average molecular weight is 353 g/mol. The standard InChI is InChI=1S/C18H19N5O3/c1-25-15-5-3-4-11-12(15)6-7-14(11)22-17-13-8-21-23(9-16(24)26-2)18(13)20-10-19-17/h3-5,8,10,14H,6-7,9H2,1-2H3,(H,19,20,22). The molecule has 134 valence electrons. The van der Waals surface area contributed by atoms with Gasteiger partial charge in [-0.3, -0.25) is 4.79 Å². The second-order valence-electron chi connectivity index (χ2n) is 6.10. The van der Waals surface area contributed by atoms with Gasteiger partial charge in [0.2, 0.25) is 0 Å². The zero-order chi connectivity index (χ0) is 18.1. The maximum Gasteiger partial charge on any atom is 0.327 e. The van der Waals surface area contributed by atoms with E-state index < -0.39 is 0 Å². The van der Waals surface area contributed by atoms with Gasteiger partial charge in [0.1, 0.15) is 24.4 Å². The number of nitrogens with one attached hydrogen (secondary N) is 1. The molecule has 8 heteroatoms. The maximum absolute atomic E-state index is 11.5. The van der Waals surface area contributed by atoms with E-state index in [1.54, 1.807) is 13.3 Å². The van der Waals surface area contributed by atoms with Crippen LogP contribution in [0.4, 0.5) is 5.82 Å². The lowest BCUT2D eigenvalue weighted by atomic mass is 10.1. The van der Waals surface area contributed by atoms with E-state index in [1.165, 1.54) is 29.2 Å². The van der Waals surface area contributed by atoms with Crippen molar-refractivity contribution in [3.63, 3.8) is 0 Å². The van der Waals surface area contributed by atoms with Crippen LogP contribution in [0.3, 0.4) is 0 Å². The highest BCUT2D eigenvalue weighted by Crippen LogP contribution is 2.39. The molecule has 0 amide bonds. The third-order valence-corrected chi connectivity index (χ3v) is 4.70.